The van der Waals surface area contributed by atoms with Gasteiger partial charge in [0, 0.05) is 33.6 Å². The van der Waals surface area contributed by atoms with Crippen molar-refractivity contribution in [1.29, 1.82) is 0 Å². The average Bonchev–Trinajstić information content (AvgIpc) is 3.46. The lowest BCUT2D eigenvalue weighted by atomic mass is 9.34. The van der Waals surface area contributed by atoms with Gasteiger partial charge in [-0.05, 0) is 136 Å². The van der Waals surface area contributed by atoms with Crippen LogP contribution in [0.15, 0.2) is 83.3 Å². The van der Waals surface area contributed by atoms with Crippen LogP contribution in [0.25, 0.3) is 11.0 Å². The summed E-state index contributed by atoms with van der Waals surface area (Å²) in [5.74, 6) is 0. The topological polar surface area (TPSA) is 19.6 Å². The number of aryl methyl sites for hydroxylation is 3. The summed E-state index contributed by atoms with van der Waals surface area (Å²) in [5, 5.41) is 1.18. The first-order chi connectivity index (χ1) is 25.4. The second kappa shape index (κ2) is 10.5. The molecule has 1 atom stereocenters. The molecule has 0 spiro atoms. The molecule has 3 nitrogen and oxygen atoms in total. The van der Waals surface area contributed by atoms with Crippen molar-refractivity contribution in [2.24, 2.45) is 0 Å². The molecule has 4 aliphatic rings. The first-order valence-electron chi connectivity index (χ1n) is 20.1. The van der Waals surface area contributed by atoms with Crippen molar-refractivity contribution >= 4 is 68.4 Å². The van der Waals surface area contributed by atoms with Gasteiger partial charge in [-0.2, -0.15) is 0 Å². The monoisotopic (exact) mass is 708 g/mol. The summed E-state index contributed by atoms with van der Waals surface area (Å²) in [6, 6.07) is 30.9. The lowest BCUT2D eigenvalue weighted by molar-refractivity contribution is 0.348. The molecule has 1 aliphatic carbocycles. The molecule has 1 unspecified atom stereocenters. The van der Waals surface area contributed by atoms with Crippen molar-refractivity contribution in [2.45, 2.75) is 118 Å². The minimum atomic E-state index is -0.110. The number of nitrogens with zero attached hydrogens (tertiary/aromatic N) is 2. The molecular weight excluding hydrogens is 655 g/mol. The Bertz CT molecular complexity index is 2610. The maximum absolute atomic E-state index is 7.19. The summed E-state index contributed by atoms with van der Waals surface area (Å²) in [6.45, 7) is 28.2. The highest BCUT2D eigenvalue weighted by Crippen LogP contribution is 2.62. The highest BCUT2D eigenvalue weighted by Gasteiger charge is 2.54. The van der Waals surface area contributed by atoms with Gasteiger partial charge in [-0.15, -0.1) is 0 Å². The van der Waals surface area contributed by atoms with Crippen LogP contribution in [0.2, 0.25) is 0 Å². The fraction of sp³-hybridized carbons (Fsp3) is 0.360. The van der Waals surface area contributed by atoms with Gasteiger partial charge in [0.05, 0.1) is 17.0 Å². The third-order valence-electron chi connectivity index (χ3n) is 13.6. The molecule has 0 amide bonds. The predicted octanol–water partition coefficient (Wildman–Crippen LogP) is 11.7. The Balaban J connectivity index is 1.35. The van der Waals surface area contributed by atoms with E-state index in [1.807, 2.05) is 0 Å². The lowest BCUT2D eigenvalue weighted by Crippen LogP contribution is -2.62. The van der Waals surface area contributed by atoms with Crippen molar-refractivity contribution in [1.82, 2.24) is 0 Å². The Morgan fingerprint density at radius 3 is 2.00 bits per heavy atom. The molecule has 54 heavy (non-hydrogen) atoms. The maximum Gasteiger partial charge on any atom is 0.297 e. The van der Waals surface area contributed by atoms with Crippen molar-refractivity contribution in [2.75, 3.05) is 9.80 Å². The second-order valence-corrected chi connectivity index (χ2v) is 20.0. The van der Waals surface area contributed by atoms with Crippen LogP contribution < -0.4 is 26.4 Å². The van der Waals surface area contributed by atoms with Gasteiger partial charge >= 0.3 is 0 Å². The SMILES string of the molecule is Cc1cc2c3c(c1)N(c1ccc(C(C)(C)C)cc1)c1c(oc4ccc(C)cc14)B3c1ccc3c4c1N2c1c(C)cc(C(C)(C)C)cc1C4(C)CCC3(C)C. The molecule has 5 aromatic carbocycles. The van der Waals surface area contributed by atoms with Gasteiger partial charge in [0.1, 0.15) is 5.58 Å². The fourth-order valence-corrected chi connectivity index (χ4v) is 10.6. The van der Waals surface area contributed by atoms with E-state index in [-0.39, 0.29) is 28.4 Å². The number of benzene rings is 5. The molecule has 0 radical (unpaired) electrons. The van der Waals surface area contributed by atoms with Gasteiger partial charge in [0.2, 0.25) is 0 Å². The van der Waals surface area contributed by atoms with E-state index in [4.69, 9.17) is 4.42 Å². The van der Waals surface area contributed by atoms with Crippen LogP contribution >= 0.6 is 0 Å². The van der Waals surface area contributed by atoms with E-state index in [1.54, 1.807) is 0 Å². The van der Waals surface area contributed by atoms with Crippen molar-refractivity contribution in [3.63, 3.8) is 0 Å². The number of fused-ring (bicyclic) bond motifs is 9. The van der Waals surface area contributed by atoms with E-state index in [2.05, 4.69) is 172 Å². The first kappa shape index (κ1) is 33.8. The molecule has 0 saturated carbocycles. The van der Waals surface area contributed by atoms with Crippen LogP contribution in [0.4, 0.5) is 34.1 Å². The highest BCUT2D eigenvalue weighted by atomic mass is 16.3. The zero-order valence-corrected chi connectivity index (χ0v) is 34.3. The second-order valence-electron chi connectivity index (χ2n) is 20.0. The molecule has 4 heterocycles. The molecule has 0 fully saturated rings. The van der Waals surface area contributed by atoms with E-state index >= 15 is 0 Å². The molecule has 1 aromatic heterocycles. The summed E-state index contributed by atoms with van der Waals surface area (Å²) in [4.78, 5) is 5.22. The molecule has 272 valence electrons. The van der Waals surface area contributed by atoms with E-state index < -0.39 is 0 Å². The summed E-state index contributed by atoms with van der Waals surface area (Å²) in [6.07, 6.45) is 2.29. The van der Waals surface area contributed by atoms with Gasteiger partial charge in [0.25, 0.3) is 6.71 Å². The van der Waals surface area contributed by atoms with Gasteiger partial charge < -0.3 is 14.2 Å². The summed E-state index contributed by atoms with van der Waals surface area (Å²) in [5.41, 5.74) is 23.5. The van der Waals surface area contributed by atoms with Gasteiger partial charge in [-0.25, -0.2) is 0 Å². The average molecular weight is 709 g/mol. The minimum absolute atomic E-state index is 0.0371. The number of furan rings is 1. The normalized spacial score (nSPS) is 19.1. The predicted molar refractivity (Wildman–Crippen MR) is 231 cm³/mol. The van der Waals surface area contributed by atoms with Crippen LogP contribution in [-0.4, -0.2) is 6.71 Å². The highest BCUT2D eigenvalue weighted by molar-refractivity contribution is 7.00. The fourth-order valence-electron chi connectivity index (χ4n) is 10.6. The Labute approximate surface area is 322 Å². The Morgan fingerprint density at radius 2 is 1.31 bits per heavy atom. The van der Waals surface area contributed by atoms with E-state index in [0.29, 0.717) is 0 Å². The van der Waals surface area contributed by atoms with Crippen LogP contribution in [-0.2, 0) is 21.7 Å². The first-order valence-corrected chi connectivity index (χ1v) is 20.1. The Morgan fingerprint density at radius 1 is 0.630 bits per heavy atom. The lowest BCUT2D eigenvalue weighted by Gasteiger charge is -2.54. The smallest absolute Gasteiger partial charge is 0.297 e. The summed E-state index contributed by atoms with van der Waals surface area (Å²) < 4.78 is 7.19. The molecule has 3 aliphatic heterocycles. The molecule has 10 rings (SSSR count). The quantitative estimate of drug-likeness (QED) is 0.158. The van der Waals surface area contributed by atoms with E-state index in [9.17, 15) is 0 Å². The van der Waals surface area contributed by atoms with Gasteiger partial charge in [-0.1, -0.05) is 110 Å². The minimum Gasteiger partial charge on any atom is -0.468 e. The van der Waals surface area contributed by atoms with Gasteiger partial charge in [-0.3, -0.25) is 0 Å². The number of anilines is 6. The zero-order chi connectivity index (χ0) is 38.0. The van der Waals surface area contributed by atoms with E-state index in [1.165, 1.54) is 89.3 Å². The van der Waals surface area contributed by atoms with Crippen molar-refractivity contribution in [3.8, 4) is 0 Å². The van der Waals surface area contributed by atoms with Gasteiger partial charge in [0.15, 0.2) is 0 Å². The van der Waals surface area contributed by atoms with Crippen molar-refractivity contribution in [3.05, 3.63) is 123 Å². The molecule has 0 bridgehead atoms. The molecular formula is C50H53BN2O. The summed E-state index contributed by atoms with van der Waals surface area (Å²) >= 11 is 0. The zero-order valence-electron chi connectivity index (χ0n) is 34.3. The molecule has 0 N–H and O–H groups in total. The van der Waals surface area contributed by atoms with Crippen molar-refractivity contribution < 1.29 is 4.42 Å². The maximum atomic E-state index is 7.19. The largest absolute Gasteiger partial charge is 0.468 e. The summed E-state index contributed by atoms with van der Waals surface area (Å²) in [7, 11) is 0. The van der Waals surface area contributed by atoms with Crippen LogP contribution in [0, 0.1) is 20.8 Å². The standard InChI is InChI=1S/C50H53BN2O/c1-28-13-20-40-34(23-28)44-46(54-40)51-37-19-18-35-41-45(37)53(43-30(3)26-32(48(7,8)9)27-36(43)50(41,12)22-21-49(35,10)11)39-25-29(2)24-38(42(39)51)52(44)33-16-14-31(15-17-33)47(4,5)6/h13-20,23-27H,21-22H2,1-12H3. The Hall–Kier alpha value is -4.70. The van der Waals surface area contributed by atoms with E-state index in [0.717, 1.165) is 29.8 Å². The van der Waals surface area contributed by atoms with Crippen LogP contribution in [0.5, 0.6) is 0 Å². The number of hydrogen-bond donors (Lipinski definition) is 0. The molecule has 4 heteroatoms. The van der Waals surface area contributed by atoms with Crippen LogP contribution in [0.1, 0.15) is 120 Å². The third-order valence-corrected chi connectivity index (χ3v) is 13.6. The molecule has 6 aromatic rings. The van der Waals surface area contributed by atoms with Crippen LogP contribution in [0.3, 0.4) is 0 Å². The third kappa shape index (κ3) is 4.37. The molecule has 0 saturated heterocycles. The Kier molecular flexibility index (Phi) is 6.60. The number of hydrogen-bond acceptors (Lipinski definition) is 3. The number of rotatable bonds is 1.